The molecule has 0 bridgehead atoms. The van der Waals surface area contributed by atoms with Crippen molar-refractivity contribution in [3.63, 3.8) is 0 Å². The number of hydrogen-bond acceptors (Lipinski definition) is 6. The summed E-state index contributed by atoms with van der Waals surface area (Å²) in [5.41, 5.74) is -0.487. The molecule has 26 heavy (non-hydrogen) atoms. The predicted molar refractivity (Wildman–Crippen MR) is 95.0 cm³/mol. The van der Waals surface area contributed by atoms with Crippen LogP contribution in [0.4, 0.5) is 0 Å². The van der Waals surface area contributed by atoms with E-state index in [-0.39, 0.29) is 17.8 Å². The van der Waals surface area contributed by atoms with Gasteiger partial charge in [-0.05, 0) is 51.5 Å². The minimum absolute atomic E-state index is 0.0107. The Hall–Kier alpha value is -2.47. The standard InChI is InChI=1S/C20H24O6/c1-6-11(2)18(22)26-16-10-20(5,24)8-7-14(21)12(3)9-15-17(16)13(4)19(23)25-15/h6-9,15-17,24H,4,10H2,1-3,5H3/t15-,16-,17+,20+/m1/s1. The zero-order valence-electron chi connectivity index (χ0n) is 15.4. The van der Waals surface area contributed by atoms with Crippen LogP contribution in [0.25, 0.3) is 0 Å². The third kappa shape index (κ3) is 4.19. The normalized spacial score (nSPS) is 32.7. The van der Waals surface area contributed by atoms with Gasteiger partial charge in [-0.25, -0.2) is 9.59 Å². The molecule has 1 heterocycles. The number of fused-ring (bicyclic) bond motifs is 1. The number of ether oxygens (including phenoxy) is 2. The van der Waals surface area contributed by atoms with Crippen LogP contribution in [0.15, 0.2) is 47.6 Å². The van der Waals surface area contributed by atoms with Crippen molar-refractivity contribution in [2.45, 2.75) is 51.9 Å². The van der Waals surface area contributed by atoms with Crippen LogP contribution in [0, 0.1) is 5.92 Å². The Kier molecular flexibility index (Phi) is 5.66. The highest BCUT2D eigenvalue weighted by molar-refractivity contribution is 6.03. The second-order valence-corrected chi connectivity index (χ2v) is 6.94. The molecule has 6 heteroatoms. The van der Waals surface area contributed by atoms with Crippen molar-refractivity contribution >= 4 is 17.7 Å². The molecule has 1 fully saturated rings. The fourth-order valence-corrected chi connectivity index (χ4v) is 2.96. The molecule has 0 saturated carbocycles. The van der Waals surface area contributed by atoms with Crippen LogP contribution in [0.5, 0.6) is 0 Å². The number of carbonyl (C=O) groups is 3. The van der Waals surface area contributed by atoms with E-state index in [4.69, 9.17) is 9.47 Å². The van der Waals surface area contributed by atoms with Gasteiger partial charge in [0.2, 0.25) is 0 Å². The van der Waals surface area contributed by atoms with Gasteiger partial charge >= 0.3 is 11.9 Å². The van der Waals surface area contributed by atoms with Crippen LogP contribution in [-0.4, -0.2) is 40.6 Å². The first-order chi connectivity index (χ1) is 12.1. The average molecular weight is 360 g/mol. The van der Waals surface area contributed by atoms with E-state index in [9.17, 15) is 19.5 Å². The maximum Gasteiger partial charge on any atom is 0.334 e. The van der Waals surface area contributed by atoms with E-state index < -0.39 is 35.7 Å². The van der Waals surface area contributed by atoms with Gasteiger partial charge < -0.3 is 14.6 Å². The first-order valence-electron chi connectivity index (χ1n) is 8.44. The highest BCUT2D eigenvalue weighted by Crippen LogP contribution is 2.37. The van der Waals surface area contributed by atoms with E-state index in [1.54, 1.807) is 26.8 Å². The van der Waals surface area contributed by atoms with Gasteiger partial charge in [-0.2, -0.15) is 0 Å². The van der Waals surface area contributed by atoms with Crippen molar-refractivity contribution < 1.29 is 29.0 Å². The Morgan fingerprint density at radius 2 is 2.12 bits per heavy atom. The molecule has 0 radical (unpaired) electrons. The molecule has 0 aromatic rings. The first kappa shape index (κ1) is 19.8. The van der Waals surface area contributed by atoms with Crippen molar-refractivity contribution in [3.8, 4) is 0 Å². The summed E-state index contributed by atoms with van der Waals surface area (Å²) in [6.07, 6.45) is 4.15. The molecule has 1 aliphatic heterocycles. The molecule has 0 amide bonds. The topological polar surface area (TPSA) is 89.9 Å². The summed E-state index contributed by atoms with van der Waals surface area (Å²) in [6, 6.07) is 0. The van der Waals surface area contributed by atoms with Gasteiger partial charge in [-0.3, -0.25) is 4.79 Å². The summed E-state index contributed by atoms with van der Waals surface area (Å²) < 4.78 is 10.9. The molecule has 0 aromatic carbocycles. The van der Waals surface area contributed by atoms with Gasteiger partial charge in [0.05, 0.1) is 11.5 Å². The molecule has 2 aliphatic rings. The van der Waals surface area contributed by atoms with Crippen LogP contribution in [0.2, 0.25) is 0 Å². The minimum Gasteiger partial charge on any atom is -0.458 e. The lowest BCUT2D eigenvalue weighted by Crippen LogP contribution is -2.39. The summed E-state index contributed by atoms with van der Waals surface area (Å²) in [4.78, 5) is 36.5. The molecule has 0 aromatic heterocycles. The number of rotatable bonds is 2. The molecule has 6 nitrogen and oxygen atoms in total. The zero-order valence-corrected chi connectivity index (χ0v) is 15.4. The first-order valence-corrected chi connectivity index (χ1v) is 8.44. The molecule has 0 spiro atoms. The van der Waals surface area contributed by atoms with Crippen LogP contribution >= 0.6 is 0 Å². The molecule has 140 valence electrons. The fourth-order valence-electron chi connectivity index (χ4n) is 2.96. The fraction of sp³-hybridized carbons (Fsp3) is 0.450. The number of carbonyl (C=O) groups excluding carboxylic acids is 3. The third-order valence-electron chi connectivity index (χ3n) is 4.69. The molecular formula is C20H24O6. The van der Waals surface area contributed by atoms with E-state index >= 15 is 0 Å². The maximum absolute atomic E-state index is 12.3. The molecule has 4 atom stereocenters. The molecular weight excluding hydrogens is 336 g/mol. The Morgan fingerprint density at radius 3 is 2.73 bits per heavy atom. The Labute approximate surface area is 152 Å². The van der Waals surface area contributed by atoms with Crippen molar-refractivity contribution in [1.82, 2.24) is 0 Å². The van der Waals surface area contributed by atoms with E-state index in [0.717, 1.165) is 0 Å². The largest absolute Gasteiger partial charge is 0.458 e. The van der Waals surface area contributed by atoms with Crippen molar-refractivity contribution in [2.24, 2.45) is 5.92 Å². The van der Waals surface area contributed by atoms with Crippen molar-refractivity contribution in [3.05, 3.63) is 47.6 Å². The SMILES string of the molecule is C=C1C(=O)O[C@@H]2C=C(C)C(=O)C=C[C@](C)(O)C[C@@H](OC(=O)C(C)=CC)[C@@H]12. The van der Waals surface area contributed by atoms with Crippen LogP contribution < -0.4 is 0 Å². The average Bonchev–Trinajstić information content (AvgIpc) is 2.84. The summed E-state index contributed by atoms with van der Waals surface area (Å²) in [6.45, 7) is 10.2. The Balaban J connectivity index is 2.50. The monoisotopic (exact) mass is 360 g/mol. The van der Waals surface area contributed by atoms with E-state index in [1.165, 1.54) is 25.2 Å². The van der Waals surface area contributed by atoms with Crippen LogP contribution in [-0.2, 0) is 23.9 Å². The molecule has 0 unspecified atom stereocenters. The van der Waals surface area contributed by atoms with Gasteiger partial charge in [0.15, 0.2) is 5.78 Å². The van der Waals surface area contributed by atoms with Crippen molar-refractivity contribution in [1.29, 1.82) is 0 Å². The number of hydrogen-bond donors (Lipinski definition) is 1. The molecule has 1 N–H and O–H groups in total. The molecule has 2 rings (SSSR count). The third-order valence-corrected chi connectivity index (χ3v) is 4.69. The lowest BCUT2D eigenvalue weighted by molar-refractivity contribution is -0.150. The number of aliphatic hydroxyl groups is 1. The second kappa shape index (κ2) is 7.41. The Morgan fingerprint density at radius 1 is 1.46 bits per heavy atom. The quantitative estimate of drug-likeness (QED) is 0.600. The highest BCUT2D eigenvalue weighted by Gasteiger charge is 2.46. The molecule has 1 aliphatic carbocycles. The van der Waals surface area contributed by atoms with Gasteiger partial charge in [0.25, 0.3) is 0 Å². The zero-order chi connectivity index (χ0) is 19.6. The number of esters is 2. The summed E-state index contributed by atoms with van der Waals surface area (Å²) in [7, 11) is 0. The van der Waals surface area contributed by atoms with E-state index in [0.29, 0.717) is 11.1 Å². The summed E-state index contributed by atoms with van der Waals surface area (Å²) in [5.74, 6) is -2.13. The lowest BCUT2D eigenvalue weighted by Gasteiger charge is -2.31. The number of allylic oxidation sites excluding steroid dienone is 3. The van der Waals surface area contributed by atoms with Gasteiger partial charge in [-0.1, -0.05) is 12.7 Å². The maximum atomic E-state index is 12.3. The lowest BCUT2D eigenvalue weighted by atomic mass is 9.82. The van der Waals surface area contributed by atoms with Gasteiger partial charge in [-0.15, -0.1) is 0 Å². The van der Waals surface area contributed by atoms with Crippen LogP contribution in [0.1, 0.15) is 34.1 Å². The summed E-state index contributed by atoms with van der Waals surface area (Å²) >= 11 is 0. The highest BCUT2D eigenvalue weighted by atomic mass is 16.6. The Bertz CT molecular complexity index is 737. The van der Waals surface area contributed by atoms with E-state index in [1.807, 2.05) is 0 Å². The number of ketones is 1. The minimum atomic E-state index is -1.42. The smallest absolute Gasteiger partial charge is 0.334 e. The van der Waals surface area contributed by atoms with Gasteiger partial charge in [0.1, 0.15) is 12.2 Å². The van der Waals surface area contributed by atoms with Gasteiger partial charge in [0, 0.05) is 17.6 Å². The van der Waals surface area contributed by atoms with E-state index in [2.05, 4.69) is 6.58 Å². The predicted octanol–water partition coefficient (Wildman–Crippen LogP) is 2.19. The summed E-state index contributed by atoms with van der Waals surface area (Å²) in [5, 5.41) is 10.6. The van der Waals surface area contributed by atoms with Crippen molar-refractivity contribution in [2.75, 3.05) is 0 Å². The molecule has 1 saturated heterocycles. The van der Waals surface area contributed by atoms with Crippen LogP contribution in [0.3, 0.4) is 0 Å². The second-order valence-electron chi connectivity index (χ2n) is 6.94.